The second kappa shape index (κ2) is 16.1. The molecule has 1 aliphatic rings. The zero-order chi connectivity index (χ0) is 30.6. The summed E-state index contributed by atoms with van der Waals surface area (Å²) >= 11 is 0. The van der Waals surface area contributed by atoms with E-state index in [1.54, 1.807) is 5.48 Å². The number of carbonyl (C=O) groups excluding carboxylic acids is 2. The highest BCUT2D eigenvalue weighted by atomic mass is 16.7. The molecule has 1 fully saturated rings. The third-order valence-electron chi connectivity index (χ3n) is 7.49. The van der Waals surface area contributed by atoms with Crippen LogP contribution in [0.25, 0.3) is 11.1 Å². The van der Waals surface area contributed by atoms with Gasteiger partial charge in [0.1, 0.15) is 0 Å². The molecular weight excluding hydrogens is 546 g/mol. The zero-order valence-corrected chi connectivity index (χ0v) is 24.6. The Kier molecular flexibility index (Phi) is 12.0. The Bertz CT molecular complexity index is 1340. The quantitative estimate of drug-likeness (QED) is 0.122. The highest BCUT2D eigenvalue weighted by Crippen LogP contribution is 2.38. The maximum absolute atomic E-state index is 12.3. The maximum atomic E-state index is 12.3. The number of hydroxylamine groups is 1. The molecular formula is C34H41N3O6. The van der Waals surface area contributed by atoms with Gasteiger partial charge in [0.05, 0.1) is 18.8 Å². The Morgan fingerprint density at radius 2 is 1.67 bits per heavy atom. The van der Waals surface area contributed by atoms with Crippen LogP contribution in [0.15, 0.2) is 85.5 Å². The predicted molar refractivity (Wildman–Crippen MR) is 164 cm³/mol. The summed E-state index contributed by atoms with van der Waals surface area (Å²) in [5.74, 6) is -0.662. The van der Waals surface area contributed by atoms with Gasteiger partial charge in [0.25, 0.3) is 0 Å². The summed E-state index contributed by atoms with van der Waals surface area (Å²) in [6.45, 7) is 5.70. The summed E-state index contributed by atoms with van der Waals surface area (Å²) < 4.78 is 12.9. The molecule has 1 heterocycles. The smallest absolute Gasteiger partial charge is 0.243 e. The van der Waals surface area contributed by atoms with Crippen LogP contribution in [0.5, 0.6) is 0 Å². The number of hydrogen-bond donors (Lipinski definition) is 4. The number of carbonyl (C=O) groups is 2. The van der Waals surface area contributed by atoms with Gasteiger partial charge in [-0.3, -0.25) is 14.8 Å². The first-order chi connectivity index (χ1) is 20.9. The summed E-state index contributed by atoms with van der Waals surface area (Å²) in [5, 5.41) is 21.0. The molecule has 0 radical (unpaired) electrons. The molecule has 3 atom stereocenters. The molecule has 0 aliphatic carbocycles. The predicted octanol–water partition coefficient (Wildman–Crippen LogP) is 4.80. The van der Waals surface area contributed by atoms with Gasteiger partial charge in [0, 0.05) is 44.5 Å². The monoisotopic (exact) mass is 587 g/mol. The maximum Gasteiger partial charge on any atom is 0.243 e. The van der Waals surface area contributed by atoms with Crippen molar-refractivity contribution >= 4 is 11.8 Å². The molecule has 1 saturated heterocycles. The van der Waals surface area contributed by atoms with Gasteiger partial charge < -0.3 is 24.8 Å². The normalized spacial score (nSPS) is 18.3. The van der Waals surface area contributed by atoms with Gasteiger partial charge in [-0.05, 0) is 41.3 Å². The highest BCUT2D eigenvalue weighted by molar-refractivity contribution is 5.78. The Morgan fingerprint density at radius 3 is 2.37 bits per heavy atom. The van der Waals surface area contributed by atoms with E-state index in [1.165, 1.54) is 0 Å². The van der Waals surface area contributed by atoms with E-state index in [0.717, 1.165) is 46.5 Å². The number of nitrogens with zero attached hydrogens (tertiary/aromatic N) is 1. The first-order valence-corrected chi connectivity index (χ1v) is 14.6. The van der Waals surface area contributed by atoms with Gasteiger partial charge in [-0.2, -0.15) is 0 Å². The molecule has 228 valence electrons. The van der Waals surface area contributed by atoms with Crippen molar-refractivity contribution in [3.8, 4) is 11.1 Å². The molecule has 9 nitrogen and oxygen atoms in total. The minimum Gasteiger partial charge on any atom is -0.392 e. The van der Waals surface area contributed by atoms with Crippen LogP contribution in [0.3, 0.4) is 0 Å². The second-order valence-corrected chi connectivity index (χ2v) is 10.8. The zero-order valence-electron chi connectivity index (χ0n) is 24.6. The number of likely N-dealkylation sites (N-methyl/N-ethyl adjacent to an activating group) is 1. The Balaban J connectivity index is 1.46. The second-order valence-electron chi connectivity index (χ2n) is 10.8. The third kappa shape index (κ3) is 9.31. The Labute approximate surface area is 253 Å². The lowest BCUT2D eigenvalue weighted by Crippen LogP contribution is -2.37. The molecule has 4 N–H and O–H groups in total. The number of amides is 2. The number of benzene rings is 3. The van der Waals surface area contributed by atoms with E-state index < -0.39 is 12.2 Å². The summed E-state index contributed by atoms with van der Waals surface area (Å²) in [7, 11) is 2.05. The fourth-order valence-corrected chi connectivity index (χ4v) is 5.20. The van der Waals surface area contributed by atoms with Gasteiger partial charge in [-0.15, -0.1) is 6.58 Å². The fraction of sp³-hybridized carbons (Fsp3) is 0.353. The van der Waals surface area contributed by atoms with Crippen molar-refractivity contribution in [1.29, 1.82) is 0 Å². The lowest BCUT2D eigenvalue weighted by atomic mass is 9.97. The molecule has 0 saturated carbocycles. The van der Waals surface area contributed by atoms with Gasteiger partial charge in [0.2, 0.25) is 11.8 Å². The average molecular weight is 588 g/mol. The molecule has 0 spiro atoms. The van der Waals surface area contributed by atoms with E-state index in [1.807, 2.05) is 85.9 Å². The molecule has 9 heteroatoms. The topological polar surface area (TPSA) is 120 Å². The van der Waals surface area contributed by atoms with Crippen molar-refractivity contribution in [1.82, 2.24) is 15.7 Å². The molecule has 3 aromatic carbocycles. The molecule has 43 heavy (non-hydrogen) atoms. The molecule has 1 aliphatic heterocycles. The van der Waals surface area contributed by atoms with E-state index in [2.05, 4.69) is 16.8 Å². The molecule has 2 amide bonds. The van der Waals surface area contributed by atoms with Gasteiger partial charge in [-0.1, -0.05) is 78.9 Å². The van der Waals surface area contributed by atoms with Crippen LogP contribution in [-0.2, 0) is 32.2 Å². The van der Waals surface area contributed by atoms with E-state index in [-0.39, 0.29) is 37.6 Å². The van der Waals surface area contributed by atoms with Crippen molar-refractivity contribution in [3.63, 3.8) is 0 Å². The van der Waals surface area contributed by atoms with Gasteiger partial charge in [0.15, 0.2) is 6.29 Å². The average Bonchev–Trinajstić information content (AvgIpc) is 3.04. The van der Waals surface area contributed by atoms with E-state index in [4.69, 9.17) is 14.7 Å². The Hall–Kier alpha value is -3.86. The minimum atomic E-state index is -0.546. The van der Waals surface area contributed by atoms with E-state index in [0.29, 0.717) is 19.4 Å². The van der Waals surface area contributed by atoms with E-state index >= 15 is 0 Å². The van der Waals surface area contributed by atoms with Crippen LogP contribution in [0.4, 0.5) is 0 Å². The summed E-state index contributed by atoms with van der Waals surface area (Å²) in [5.41, 5.74) is 7.37. The van der Waals surface area contributed by atoms with Crippen LogP contribution >= 0.6 is 0 Å². The number of aliphatic hydroxyl groups is 1. The van der Waals surface area contributed by atoms with Crippen LogP contribution in [-0.4, -0.2) is 53.3 Å². The van der Waals surface area contributed by atoms with Crippen molar-refractivity contribution in [2.24, 2.45) is 0 Å². The van der Waals surface area contributed by atoms with Crippen molar-refractivity contribution in [2.45, 2.75) is 57.3 Å². The SMILES string of the molecule is C=CCN(C)C[C@H]1C[C@@H](c2ccc(CO)cc2)O[C@@H](c2ccc(-c3ccccc3CNC(=O)CCCC(=O)NO)cc2)O1. The first kappa shape index (κ1) is 32.1. The lowest BCUT2D eigenvalue weighted by Gasteiger charge is -2.37. The summed E-state index contributed by atoms with van der Waals surface area (Å²) in [4.78, 5) is 25.6. The number of aliphatic hydroxyl groups excluding tert-OH is 1. The molecule has 3 aromatic rings. The van der Waals surface area contributed by atoms with Crippen LogP contribution < -0.4 is 10.8 Å². The largest absolute Gasteiger partial charge is 0.392 e. The Morgan fingerprint density at radius 1 is 0.977 bits per heavy atom. The lowest BCUT2D eigenvalue weighted by molar-refractivity contribution is -0.252. The van der Waals surface area contributed by atoms with E-state index in [9.17, 15) is 14.7 Å². The fourth-order valence-electron chi connectivity index (χ4n) is 5.20. The van der Waals surface area contributed by atoms with Gasteiger partial charge in [-0.25, -0.2) is 5.48 Å². The molecule has 4 rings (SSSR count). The molecule has 0 bridgehead atoms. The molecule has 0 aromatic heterocycles. The third-order valence-corrected chi connectivity index (χ3v) is 7.49. The first-order valence-electron chi connectivity index (χ1n) is 14.6. The van der Waals surface area contributed by atoms with Crippen LogP contribution in [0.1, 0.15) is 60.3 Å². The van der Waals surface area contributed by atoms with Crippen molar-refractivity contribution < 1.29 is 29.4 Å². The number of rotatable bonds is 14. The van der Waals surface area contributed by atoms with Crippen LogP contribution in [0.2, 0.25) is 0 Å². The summed E-state index contributed by atoms with van der Waals surface area (Å²) in [6.07, 6.45) is 2.48. The van der Waals surface area contributed by atoms with Crippen molar-refractivity contribution in [3.05, 3.63) is 108 Å². The number of hydrogen-bond acceptors (Lipinski definition) is 7. The standard InChI is InChI=1S/C34H41N3O6/c1-3-19-37(2)22-29-20-31(26-13-11-24(23-38)12-14-26)43-34(42-29)27-17-15-25(16-18-27)30-8-5-4-7-28(30)21-35-32(39)9-6-10-33(40)36-41/h3-5,7-8,11-18,29,31,34,38,41H,1,6,9-10,19-23H2,2H3,(H,35,39)(H,36,40)/t29-,31+,34+/m1/s1. The highest BCUT2D eigenvalue weighted by Gasteiger charge is 2.32. The van der Waals surface area contributed by atoms with Crippen molar-refractivity contribution in [2.75, 3.05) is 20.1 Å². The number of nitrogens with one attached hydrogen (secondary N) is 2. The van der Waals surface area contributed by atoms with Crippen LogP contribution in [0, 0.1) is 0 Å². The number of ether oxygens (including phenoxy) is 2. The van der Waals surface area contributed by atoms with Gasteiger partial charge >= 0.3 is 0 Å². The minimum absolute atomic E-state index is 0.000132. The summed E-state index contributed by atoms with van der Waals surface area (Å²) in [6, 6.07) is 23.9. The molecule has 0 unspecified atom stereocenters.